The molecule has 1 saturated heterocycles. The first-order valence-electron chi connectivity index (χ1n) is 7.32. The third-order valence-electron chi connectivity index (χ3n) is 3.99. The van der Waals surface area contributed by atoms with Crippen LogP contribution in [0.25, 0.3) is 0 Å². The van der Waals surface area contributed by atoms with Crippen molar-refractivity contribution in [3.05, 3.63) is 29.8 Å². The lowest BCUT2D eigenvalue weighted by atomic mass is 10.00. The lowest BCUT2D eigenvalue weighted by Crippen LogP contribution is -2.50. The van der Waals surface area contributed by atoms with Gasteiger partial charge in [0.15, 0.2) is 0 Å². The smallest absolute Gasteiger partial charge is 0.324 e. The molecule has 0 saturated carbocycles. The van der Waals surface area contributed by atoms with Crippen molar-refractivity contribution >= 4 is 17.7 Å². The molecule has 21 heavy (non-hydrogen) atoms. The van der Waals surface area contributed by atoms with E-state index < -0.39 is 5.97 Å². The molecular weight excluding hydrogens is 268 g/mol. The van der Waals surface area contributed by atoms with Gasteiger partial charge in [0.05, 0.1) is 6.42 Å². The Morgan fingerprint density at radius 3 is 2.57 bits per heavy atom. The van der Waals surface area contributed by atoms with E-state index in [2.05, 4.69) is 0 Å². The first-order chi connectivity index (χ1) is 9.99. The van der Waals surface area contributed by atoms with E-state index in [1.165, 1.54) is 0 Å². The predicted octanol–water partition coefficient (Wildman–Crippen LogP) is 2.88. The monoisotopic (exact) mass is 290 g/mol. The Kier molecular flexibility index (Phi) is 4.83. The zero-order valence-electron chi connectivity index (χ0n) is 12.6. The van der Waals surface area contributed by atoms with Crippen LogP contribution in [0.4, 0.5) is 10.5 Å². The number of carbonyl (C=O) groups is 2. The first-order valence-corrected chi connectivity index (χ1v) is 7.32. The van der Waals surface area contributed by atoms with Gasteiger partial charge in [0, 0.05) is 25.3 Å². The van der Waals surface area contributed by atoms with Gasteiger partial charge < -0.3 is 10.0 Å². The van der Waals surface area contributed by atoms with Crippen LogP contribution >= 0.6 is 0 Å². The van der Waals surface area contributed by atoms with Crippen LogP contribution in [-0.4, -0.2) is 41.6 Å². The van der Waals surface area contributed by atoms with Crippen LogP contribution in [0.3, 0.4) is 0 Å². The lowest BCUT2D eigenvalue weighted by Gasteiger charge is -2.37. The summed E-state index contributed by atoms with van der Waals surface area (Å²) in [6.07, 6.45) is 2.70. The Morgan fingerprint density at radius 1 is 1.29 bits per heavy atom. The van der Waals surface area contributed by atoms with Gasteiger partial charge in [0.2, 0.25) is 0 Å². The molecule has 0 spiro atoms. The maximum absolute atomic E-state index is 12.6. The molecule has 5 nitrogen and oxygen atoms in total. The number of likely N-dealkylation sites (tertiary alicyclic amines) is 1. The number of aryl methyl sites for hydroxylation is 1. The molecule has 1 atom stereocenters. The highest BCUT2D eigenvalue weighted by atomic mass is 16.4. The summed E-state index contributed by atoms with van der Waals surface area (Å²) in [4.78, 5) is 26.9. The summed E-state index contributed by atoms with van der Waals surface area (Å²) in [6, 6.07) is 7.42. The molecule has 1 N–H and O–H groups in total. The number of carbonyl (C=O) groups excluding carboxylic acids is 1. The van der Waals surface area contributed by atoms with Crippen molar-refractivity contribution in [1.29, 1.82) is 0 Å². The van der Waals surface area contributed by atoms with Crippen LogP contribution < -0.4 is 4.90 Å². The van der Waals surface area contributed by atoms with E-state index in [4.69, 9.17) is 5.11 Å². The summed E-state index contributed by atoms with van der Waals surface area (Å²) in [6.45, 7) is 2.63. The summed E-state index contributed by atoms with van der Waals surface area (Å²) in [5, 5.41) is 9.00. The van der Waals surface area contributed by atoms with Crippen molar-refractivity contribution in [3.8, 4) is 0 Å². The number of nitrogens with zero attached hydrogens (tertiary/aromatic N) is 2. The van der Waals surface area contributed by atoms with E-state index in [1.807, 2.05) is 31.2 Å². The fourth-order valence-corrected chi connectivity index (χ4v) is 2.74. The average molecular weight is 290 g/mol. The molecular formula is C16H22N2O3. The molecule has 1 aliphatic rings. The number of piperidine rings is 1. The van der Waals surface area contributed by atoms with Crippen molar-refractivity contribution in [2.24, 2.45) is 0 Å². The molecule has 1 heterocycles. The second kappa shape index (κ2) is 6.61. The van der Waals surface area contributed by atoms with Crippen molar-refractivity contribution in [1.82, 2.24) is 4.90 Å². The normalized spacial score (nSPS) is 18.4. The number of carboxylic acid groups (broad SMARTS) is 1. The van der Waals surface area contributed by atoms with Crippen LogP contribution in [-0.2, 0) is 4.79 Å². The minimum atomic E-state index is -0.849. The van der Waals surface area contributed by atoms with Gasteiger partial charge in [-0.1, -0.05) is 17.7 Å². The lowest BCUT2D eigenvalue weighted by molar-refractivity contribution is -0.138. The number of hydrogen-bond acceptors (Lipinski definition) is 2. The number of carboxylic acids is 1. The third kappa shape index (κ3) is 3.74. The van der Waals surface area contributed by atoms with Gasteiger partial charge in [-0.2, -0.15) is 0 Å². The third-order valence-corrected chi connectivity index (χ3v) is 3.99. The molecule has 0 aromatic heterocycles. The Morgan fingerprint density at radius 2 is 1.95 bits per heavy atom. The standard InChI is InChI=1S/C16H22N2O3/c1-12-6-8-13(9-7-12)17(2)16(21)18-10-4-3-5-14(18)11-15(19)20/h6-9,14H,3-5,10-11H2,1-2H3,(H,19,20). The van der Waals surface area contributed by atoms with Crippen LogP contribution in [0, 0.1) is 6.92 Å². The summed E-state index contributed by atoms with van der Waals surface area (Å²) >= 11 is 0. The highest BCUT2D eigenvalue weighted by Gasteiger charge is 2.30. The zero-order valence-corrected chi connectivity index (χ0v) is 12.6. The minimum Gasteiger partial charge on any atom is -0.481 e. The average Bonchev–Trinajstić information content (AvgIpc) is 2.46. The van der Waals surface area contributed by atoms with Crippen LogP contribution in [0.2, 0.25) is 0 Å². The molecule has 1 fully saturated rings. The molecule has 1 aliphatic heterocycles. The van der Waals surface area contributed by atoms with Gasteiger partial charge in [-0.3, -0.25) is 9.69 Å². The molecule has 1 aromatic rings. The Bertz CT molecular complexity index is 513. The van der Waals surface area contributed by atoms with E-state index in [1.54, 1.807) is 16.8 Å². The number of benzene rings is 1. The second-order valence-electron chi connectivity index (χ2n) is 5.62. The van der Waals surface area contributed by atoms with E-state index >= 15 is 0 Å². The molecule has 2 amide bonds. The zero-order chi connectivity index (χ0) is 15.4. The number of urea groups is 1. The quantitative estimate of drug-likeness (QED) is 0.931. The second-order valence-corrected chi connectivity index (χ2v) is 5.62. The van der Waals surface area contributed by atoms with Crippen LogP contribution in [0.1, 0.15) is 31.2 Å². The summed E-state index contributed by atoms with van der Waals surface area (Å²) < 4.78 is 0. The molecule has 0 bridgehead atoms. The summed E-state index contributed by atoms with van der Waals surface area (Å²) in [5.74, 6) is -0.849. The summed E-state index contributed by atoms with van der Waals surface area (Å²) in [5.41, 5.74) is 1.96. The minimum absolute atomic E-state index is 0.0213. The van der Waals surface area contributed by atoms with Gasteiger partial charge in [-0.25, -0.2) is 4.79 Å². The van der Waals surface area contributed by atoms with Crippen LogP contribution in [0.5, 0.6) is 0 Å². The maximum atomic E-state index is 12.6. The van der Waals surface area contributed by atoms with Crippen LogP contribution in [0.15, 0.2) is 24.3 Å². The van der Waals surface area contributed by atoms with E-state index in [9.17, 15) is 9.59 Å². The van der Waals surface area contributed by atoms with Gasteiger partial charge in [0.1, 0.15) is 0 Å². The highest BCUT2D eigenvalue weighted by Crippen LogP contribution is 2.23. The Labute approximate surface area is 125 Å². The topological polar surface area (TPSA) is 60.9 Å². The summed E-state index contributed by atoms with van der Waals surface area (Å²) in [7, 11) is 1.74. The fraction of sp³-hybridized carbons (Fsp3) is 0.500. The van der Waals surface area contributed by atoms with Crippen molar-refractivity contribution in [2.45, 2.75) is 38.6 Å². The molecule has 5 heteroatoms. The predicted molar refractivity (Wildman–Crippen MR) is 81.6 cm³/mol. The SMILES string of the molecule is Cc1ccc(N(C)C(=O)N2CCCCC2CC(=O)O)cc1. The molecule has 0 aliphatic carbocycles. The fourth-order valence-electron chi connectivity index (χ4n) is 2.74. The molecule has 0 radical (unpaired) electrons. The Balaban J connectivity index is 2.12. The van der Waals surface area contributed by atoms with Gasteiger partial charge in [-0.15, -0.1) is 0 Å². The first kappa shape index (κ1) is 15.4. The van der Waals surface area contributed by atoms with E-state index in [0.29, 0.717) is 6.54 Å². The van der Waals surface area contributed by atoms with Crippen molar-refractivity contribution in [2.75, 3.05) is 18.5 Å². The van der Waals surface area contributed by atoms with Gasteiger partial charge >= 0.3 is 12.0 Å². The van der Waals surface area contributed by atoms with Gasteiger partial charge in [-0.05, 0) is 38.3 Å². The maximum Gasteiger partial charge on any atom is 0.324 e. The van der Waals surface area contributed by atoms with E-state index in [0.717, 1.165) is 30.5 Å². The molecule has 2 rings (SSSR count). The molecule has 114 valence electrons. The number of hydrogen-bond donors (Lipinski definition) is 1. The Hall–Kier alpha value is -2.04. The number of anilines is 1. The van der Waals surface area contributed by atoms with Gasteiger partial charge in [0.25, 0.3) is 0 Å². The van der Waals surface area contributed by atoms with E-state index in [-0.39, 0.29) is 18.5 Å². The number of rotatable bonds is 3. The highest BCUT2D eigenvalue weighted by molar-refractivity contribution is 5.92. The molecule has 1 aromatic carbocycles. The number of amides is 2. The molecule has 1 unspecified atom stereocenters. The van der Waals surface area contributed by atoms with Crippen molar-refractivity contribution in [3.63, 3.8) is 0 Å². The largest absolute Gasteiger partial charge is 0.481 e. The number of aliphatic carboxylic acids is 1. The van der Waals surface area contributed by atoms with Crippen molar-refractivity contribution < 1.29 is 14.7 Å².